The summed E-state index contributed by atoms with van der Waals surface area (Å²) >= 11 is 0. The van der Waals surface area contributed by atoms with E-state index in [1.165, 1.54) is 11.1 Å². The molecule has 1 spiro atoms. The molecule has 4 aromatic carbocycles. The molecule has 0 aliphatic carbocycles. The summed E-state index contributed by atoms with van der Waals surface area (Å²) < 4.78 is 21.8. The van der Waals surface area contributed by atoms with Crippen LogP contribution in [-0.2, 0) is 9.98 Å². The van der Waals surface area contributed by atoms with Gasteiger partial charge in [0.15, 0.2) is 0 Å². The van der Waals surface area contributed by atoms with Crippen molar-refractivity contribution >= 4 is 35.0 Å². The van der Waals surface area contributed by atoms with E-state index in [0.717, 1.165) is 28.1 Å². The van der Waals surface area contributed by atoms with Crippen molar-refractivity contribution in [1.29, 1.82) is 0 Å². The maximum atomic E-state index is 14.9. The molecule has 40 heavy (non-hydrogen) atoms. The number of anilines is 1. The van der Waals surface area contributed by atoms with Crippen molar-refractivity contribution in [3.8, 4) is 5.75 Å². The van der Waals surface area contributed by atoms with Gasteiger partial charge >= 0.3 is 0 Å². The predicted molar refractivity (Wildman–Crippen MR) is 165 cm³/mol. The van der Waals surface area contributed by atoms with Gasteiger partial charge in [0.2, 0.25) is 18.4 Å². The standard InChI is InChI=1S/C35H34NO3P/c1-23-17-18-30-29(21-23)34(4,5)35(36(30)6)20-19-28-25(3)32(24(2)22-31(28)39-35)33(37)40(38,26-13-9-7-10-14-26)27-15-11-8-12-16-27/h7-22H,1-6H3. The lowest BCUT2D eigenvalue weighted by atomic mass is 9.76. The molecule has 1 unspecified atom stereocenters. The summed E-state index contributed by atoms with van der Waals surface area (Å²) in [5, 5.41) is 1.08. The van der Waals surface area contributed by atoms with Crippen LogP contribution in [0.25, 0.3) is 6.08 Å². The smallest absolute Gasteiger partial charge is 0.230 e. The van der Waals surface area contributed by atoms with Gasteiger partial charge in [0.25, 0.3) is 0 Å². The van der Waals surface area contributed by atoms with Crippen LogP contribution in [0, 0.1) is 20.8 Å². The molecule has 0 saturated heterocycles. The molecule has 5 heteroatoms. The van der Waals surface area contributed by atoms with Gasteiger partial charge in [-0.15, -0.1) is 0 Å². The maximum absolute atomic E-state index is 14.9. The van der Waals surface area contributed by atoms with E-state index in [-0.39, 0.29) is 10.9 Å². The van der Waals surface area contributed by atoms with Gasteiger partial charge in [-0.05, 0) is 75.6 Å². The molecular weight excluding hydrogens is 513 g/mol. The van der Waals surface area contributed by atoms with Gasteiger partial charge in [-0.1, -0.05) is 78.4 Å². The highest BCUT2D eigenvalue weighted by atomic mass is 31.2. The lowest BCUT2D eigenvalue weighted by molar-refractivity contribution is 0.0580. The largest absolute Gasteiger partial charge is 0.463 e. The Balaban J connectivity index is 1.48. The van der Waals surface area contributed by atoms with Gasteiger partial charge in [-0.25, -0.2) is 0 Å². The van der Waals surface area contributed by atoms with Gasteiger partial charge in [-0.2, -0.15) is 0 Å². The van der Waals surface area contributed by atoms with Crippen molar-refractivity contribution < 1.29 is 14.1 Å². The van der Waals surface area contributed by atoms with Crippen LogP contribution in [0.2, 0.25) is 0 Å². The van der Waals surface area contributed by atoms with E-state index in [1.807, 2.05) is 56.3 Å². The van der Waals surface area contributed by atoms with E-state index in [2.05, 4.69) is 63.1 Å². The molecule has 0 fully saturated rings. The number of benzene rings is 4. The van der Waals surface area contributed by atoms with Crippen molar-refractivity contribution in [2.75, 3.05) is 11.9 Å². The fourth-order valence-electron chi connectivity index (χ4n) is 6.55. The zero-order chi connectivity index (χ0) is 28.4. The Kier molecular flexibility index (Phi) is 5.98. The normalized spacial score (nSPS) is 18.8. The van der Waals surface area contributed by atoms with E-state index >= 15 is 0 Å². The third-order valence-electron chi connectivity index (χ3n) is 8.85. The zero-order valence-electron chi connectivity index (χ0n) is 23.9. The molecule has 6 rings (SSSR count). The number of fused-ring (bicyclic) bond motifs is 2. The quantitative estimate of drug-likeness (QED) is 0.252. The van der Waals surface area contributed by atoms with Crippen LogP contribution in [-0.4, -0.2) is 18.3 Å². The number of carbonyl (C=O) groups is 1. The minimum Gasteiger partial charge on any atom is -0.463 e. The Morgan fingerprint density at radius 3 is 2.05 bits per heavy atom. The second-order valence-corrected chi connectivity index (χ2v) is 14.2. The highest BCUT2D eigenvalue weighted by molar-refractivity contribution is 7.93. The van der Waals surface area contributed by atoms with E-state index in [4.69, 9.17) is 4.74 Å². The van der Waals surface area contributed by atoms with Gasteiger partial charge in [-0.3, -0.25) is 4.79 Å². The van der Waals surface area contributed by atoms with Gasteiger partial charge in [0, 0.05) is 34.5 Å². The first-order valence-electron chi connectivity index (χ1n) is 13.7. The fourth-order valence-corrected chi connectivity index (χ4v) is 9.16. The second-order valence-electron chi connectivity index (χ2n) is 11.5. The number of hydrogen-bond donors (Lipinski definition) is 0. The van der Waals surface area contributed by atoms with Crippen molar-refractivity contribution in [1.82, 2.24) is 0 Å². The van der Waals surface area contributed by atoms with Crippen LogP contribution in [0.3, 0.4) is 0 Å². The molecule has 2 aliphatic heterocycles. The molecule has 0 saturated carbocycles. The van der Waals surface area contributed by atoms with Crippen LogP contribution < -0.4 is 20.2 Å². The van der Waals surface area contributed by atoms with Gasteiger partial charge in [0.1, 0.15) is 5.75 Å². The molecule has 0 radical (unpaired) electrons. The van der Waals surface area contributed by atoms with Crippen molar-refractivity contribution in [3.63, 3.8) is 0 Å². The molecule has 4 aromatic rings. The van der Waals surface area contributed by atoms with Crippen LogP contribution in [0.5, 0.6) is 5.75 Å². The summed E-state index contributed by atoms with van der Waals surface area (Å²) in [6.45, 7) is 10.4. The number of carbonyl (C=O) groups excluding carboxylic acids is 1. The third-order valence-corrected chi connectivity index (χ3v) is 11.7. The first kappa shape index (κ1) is 26.3. The number of ether oxygens (including phenoxy) is 1. The fraction of sp³-hybridized carbons (Fsp3) is 0.229. The Bertz CT molecular complexity index is 1700. The summed E-state index contributed by atoms with van der Waals surface area (Å²) in [4.78, 5) is 16.7. The second kappa shape index (κ2) is 9.08. The van der Waals surface area contributed by atoms with Crippen LogP contribution >= 0.6 is 7.14 Å². The average molecular weight is 548 g/mol. The lowest BCUT2D eigenvalue weighted by Gasteiger charge is -2.46. The monoisotopic (exact) mass is 547 g/mol. The molecule has 0 N–H and O–H groups in total. The number of nitrogens with zero attached hydrogens (tertiary/aromatic N) is 1. The van der Waals surface area contributed by atoms with Crippen LogP contribution in [0.15, 0.2) is 91.0 Å². The molecular formula is C35H34NO3P. The molecule has 0 bridgehead atoms. The topological polar surface area (TPSA) is 46.6 Å². The SMILES string of the molecule is Cc1ccc2c(c1)C(C)(C)C1(C=Cc3c(cc(C)c(C(=O)P(=O)(c4ccccc4)c4ccccc4)c3C)O1)N2C. The summed E-state index contributed by atoms with van der Waals surface area (Å²) in [6, 6.07) is 26.7. The summed E-state index contributed by atoms with van der Waals surface area (Å²) in [7, 11) is -1.57. The number of aryl methyl sites for hydroxylation is 2. The Morgan fingerprint density at radius 1 is 0.850 bits per heavy atom. The first-order valence-corrected chi connectivity index (χ1v) is 15.4. The Labute approximate surface area is 236 Å². The van der Waals surface area contributed by atoms with Gasteiger partial charge in [0.05, 0.1) is 5.41 Å². The Hall–Kier alpha value is -3.88. The highest BCUT2D eigenvalue weighted by Crippen LogP contribution is 2.55. The summed E-state index contributed by atoms with van der Waals surface area (Å²) in [5.74, 6) is 0.729. The molecule has 2 aliphatic rings. The van der Waals surface area contributed by atoms with E-state index in [0.29, 0.717) is 16.2 Å². The average Bonchev–Trinajstić information content (AvgIpc) is 3.10. The Morgan fingerprint density at radius 2 is 1.45 bits per heavy atom. The van der Waals surface area contributed by atoms with E-state index in [9.17, 15) is 9.36 Å². The minimum absolute atomic E-state index is 0.329. The molecule has 1 atom stereocenters. The molecule has 2 heterocycles. The summed E-state index contributed by atoms with van der Waals surface area (Å²) in [5.41, 5.74) is 5.10. The molecule has 0 aromatic heterocycles. The minimum atomic E-state index is -3.64. The molecule has 202 valence electrons. The first-order chi connectivity index (χ1) is 19.0. The van der Waals surface area contributed by atoms with Crippen molar-refractivity contribution in [2.45, 2.75) is 45.8 Å². The highest BCUT2D eigenvalue weighted by Gasteiger charge is 2.57. The van der Waals surface area contributed by atoms with Crippen molar-refractivity contribution in [3.05, 3.63) is 124 Å². The third kappa shape index (κ3) is 3.52. The zero-order valence-corrected chi connectivity index (χ0v) is 24.8. The van der Waals surface area contributed by atoms with Crippen molar-refractivity contribution in [2.24, 2.45) is 0 Å². The predicted octanol–water partition coefficient (Wildman–Crippen LogP) is 7.30. The van der Waals surface area contributed by atoms with Crippen LogP contribution in [0.1, 0.15) is 52.0 Å². The lowest BCUT2D eigenvalue weighted by Crippen LogP contribution is -2.58. The molecule has 4 nitrogen and oxygen atoms in total. The molecule has 0 amide bonds. The van der Waals surface area contributed by atoms with Crippen LogP contribution in [0.4, 0.5) is 5.69 Å². The maximum Gasteiger partial charge on any atom is 0.230 e. The number of likely N-dealkylation sites (N-methyl/N-ethyl adjacent to an activating group) is 1. The summed E-state index contributed by atoms with van der Waals surface area (Å²) in [6.07, 6.45) is 4.20. The number of hydrogen-bond acceptors (Lipinski definition) is 4. The van der Waals surface area contributed by atoms with Gasteiger partial charge < -0.3 is 14.2 Å². The number of rotatable bonds is 4. The van der Waals surface area contributed by atoms with E-state index in [1.54, 1.807) is 24.3 Å². The van der Waals surface area contributed by atoms with E-state index < -0.39 is 12.9 Å².